The Labute approximate surface area is 779 Å². The summed E-state index contributed by atoms with van der Waals surface area (Å²) in [4.78, 5) is 11.2. The molecule has 113 heavy (non-hydrogen) atoms. The van der Waals surface area contributed by atoms with Gasteiger partial charge in [0.15, 0.2) is 0 Å². The van der Waals surface area contributed by atoms with Gasteiger partial charge in [0, 0.05) is 28.3 Å². The van der Waals surface area contributed by atoms with Crippen LogP contribution in [-0.2, 0) is 31.3 Å². The van der Waals surface area contributed by atoms with E-state index in [0.29, 0.717) is 50.1 Å². The Morgan fingerprint density at radius 2 is 0.558 bits per heavy atom. The first-order valence-electron chi connectivity index (χ1n) is 39.2. The minimum absolute atomic E-state index is 0. The van der Waals surface area contributed by atoms with Gasteiger partial charge in [-0.15, -0.1) is 24.4 Å². The summed E-state index contributed by atoms with van der Waals surface area (Å²) < 4.78 is 29.9. The van der Waals surface area contributed by atoms with Crippen molar-refractivity contribution in [1.29, 1.82) is 1.28 Å². The van der Waals surface area contributed by atoms with E-state index in [0.717, 1.165) is 105 Å². The molecule has 0 amide bonds. The molecule has 3 atom stereocenters. The molecule has 0 spiro atoms. The summed E-state index contributed by atoms with van der Waals surface area (Å²) in [6, 6.07) is 66.1. The van der Waals surface area contributed by atoms with Crippen molar-refractivity contribution in [3.05, 3.63) is 302 Å². The first-order valence-corrected chi connectivity index (χ1v) is 43.9. The normalized spacial score (nSPS) is 16.6. The average Bonchev–Trinajstić information content (AvgIpc) is 0.758. The van der Waals surface area contributed by atoms with E-state index >= 15 is 0 Å². The molecule has 592 valence electrons. The van der Waals surface area contributed by atoms with Crippen LogP contribution in [0.1, 0.15) is 176 Å². The van der Waals surface area contributed by atoms with E-state index in [4.69, 9.17) is 37.8 Å². The van der Waals surface area contributed by atoms with Gasteiger partial charge in [0.25, 0.3) is 6.47 Å². The van der Waals surface area contributed by atoms with Crippen LogP contribution in [-0.4, -0.2) is 74.2 Å². The van der Waals surface area contributed by atoms with Crippen molar-refractivity contribution in [2.45, 2.75) is 152 Å². The van der Waals surface area contributed by atoms with E-state index in [2.05, 4.69) is 245 Å². The summed E-state index contributed by atoms with van der Waals surface area (Å²) in [5, 5.41) is 49.3. The molecule has 4 saturated carbocycles. The largest absolute Gasteiger partial charge is 1.00 e. The SMILES string of the molecule is C=CCBr.C=CCOc1ccc(C2(c3ccc(OCC=C)cc3)CCC(C(C)(C)C3CCC(c4ccc(OCC=C)cc4)(c4ccc(OCC=C)cc4)CC3)CC2)cc1.CC(C)(C1CCC(c2ccc(O)cc2)(c2ccc(O)cc2)CC1)C1CCC(c2ccc(O)cc2)(c2ccc(O)cc2)CC1.O=CO[O-].PP.[3H]P([B])C.[H-].[K+].[K+]. The van der Waals surface area contributed by atoms with Crippen molar-refractivity contribution in [3.63, 3.8) is 0 Å². The number of halogens is 1. The van der Waals surface area contributed by atoms with Crippen molar-refractivity contribution in [2.24, 2.45) is 34.5 Å². The molecule has 4 aliphatic rings. The molecule has 0 aromatic heterocycles. The van der Waals surface area contributed by atoms with E-state index in [-0.39, 0.29) is 166 Å². The minimum atomic E-state index is -0.870. The molecule has 0 aliphatic heterocycles. The number of aromatic hydroxyl groups is 4. The van der Waals surface area contributed by atoms with Crippen molar-refractivity contribution < 1.29 is 159 Å². The van der Waals surface area contributed by atoms with Gasteiger partial charge in [0.05, 0.1) is 0 Å². The maximum atomic E-state index is 9.99. The molecule has 4 N–H and O–H groups in total. The first-order chi connectivity index (χ1) is 54.0. The quantitative estimate of drug-likeness (QED) is 0.00775. The van der Waals surface area contributed by atoms with Gasteiger partial charge >= 0.3 is 103 Å². The van der Waals surface area contributed by atoms with Gasteiger partial charge < -0.3 is 50.9 Å². The summed E-state index contributed by atoms with van der Waals surface area (Å²) in [7, 11) is 8.64. The number of carbonyl (C=O) groups is 1. The van der Waals surface area contributed by atoms with Crippen LogP contribution in [0.15, 0.2) is 257 Å². The maximum absolute atomic E-state index is 9.99. The number of phenolic OH excluding ortho intramolecular Hbond substituents is 4. The molecule has 12 rings (SSSR count). The summed E-state index contributed by atoms with van der Waals surface area (Å²) in [6.45, 7) is 32.3. The van der Waals surface area contributed by atoms with Crippen LogP contribution in [0.5, 0.6) is 46.0 Å². The molecule has 3 unspecified atom stereocenters. The predicted molar refractivity (Wildman–Crippen MR) is 471 cm³/mol. The van der Waals surface area contributed by atoms with Gasteiger partial charge in [-0.2, -0.15) is 8.40 Å². The Hall–Kier alpha value is -4.60. The van der Waals surface area contributed by atoms with E-state index in [1.54, 1.807) is 85.6 Å². The molecule has 0 saturated heterocycles. The first kappa shape index (κ1) is 97.2. The van der Waals surface area contributed by atoms with E-state index < -0.39 is 8.40 Å². The molecule has 0 heterocycles. The van der Waals surface area contributed by atoms with Crippen LogP contribution < -0.4 is 127 Å². The number of hydrogen-bond acceptors (Lipinski definition) is 11. The molecule has 11 nitrogen and oxygen atoms in total. The Morgan fingerprint density at radius 1 is 0.416 bits per heavy atom. The number of allylic oxidation sites excluding steroid dienone is 1. The number of hydrogen-bond donors (Lipinski definition) is 4. The van der Waals surface area contributed by atoms with Crippen LogP contribution in [0.25, 0.3) is 0 Å². The molecule has 8 aromatic carbocycles. The van der Waals surface area contributed by atoms with Gasteiger partial charge in [0.2, 0.25) is 0 Å². The molecule has 0 bridgehead atoms. The summed E-state index contributed by atoms with van der Waals surface area (Å²) >= 11 is 3.13. The summed E-state index contributed by atoms with van der Waals surface area (Å²) in [5.41, 5.74) is 10.4. The third kappa shape index (κ3) is 26.2. The van der Waals surface area contributed by atoms with Crippen molar-refractivity contribution in [3.8, 4) is 46.0 Å². The molecule has 4 fully saturated rings. The zero-order valence-corrected chi connectivity index (χ0v) is 78.9. The Balaban J connectivity index is 0.000000415. The maximum Gasteiger partial charge on any atom is 1.00 e. The topological polar surface area (TPSA) is 167 Å². The van der Waals surface area contributed by atoms with Gasteiger partial charge in [-0.05, 0) is 279 Å². The van der Waals surface area contributed by atoms with Crippen LogP contribution >= 0.6 is 42.2 Å². The van der Waals surface area contributed by atoms with Gasteiger partial charge in [-0.25, -0.2) is 0 Å². The second kappa shape index (κ2) is 49.7. The zero-order valence-electron chi connectivity index (χ0n) is 69.8. The molecule has 2 radical (unpaired) electrons. The van der Waals surface area contributed by atoms with Gasteiger partial charge in [-0.1, -0.05) is 204 Å². The number of alkyl halides is 1. The Bertz CT molecular complexity index is 3660. The number of ether oxygens (including phenoxy) is 4. The summed E-state index contributed by atoms with van der Waals surface area (Å²) in [6.07, 6.45) is 26.8. The molecular formula is C95H119BBrK2O11P3. The zero-order chi connectivity index (χ0) is 81.4. The monoisotopic (exact) mass is 1700 g/mol. The smallest absolute Gasteiger partial charge is 1.00 e. The molecule has 8 aromatic rings. The van der Waals surface area contributed by atoms with Crippen molar-refractivity contribution in [2.75, 3.05) is 38.4 Å². The van der Waals surface area contributed by atoms with E-state index in [9.17, 15) is 20.4 Å². The Kier molecular flexibility index (Phi) is 42.8. The van der Waals surface area contributed by atoms with Crippen LogP contribution in [0.4, 0.5) is 0 Å². The van der Waals surface area contributed by atoms with Crippen molar-refractivity contribution >= 4 is 56.2 Å². The summed E-state index contributed by atoms with van der Waals surface area (Å²) in [5.74, 6) is 7.16. The van der Waals surface area contributed by atoms with E-state index in [1.165, 1.54) is 70.2 Å². The average molecular weight is 1700 g/mol. The number of carbonyl (C=O) groups excluding carboxylic acids is 1. The fourth-order valence-electron chi connectivity index (χ4n) is 18.3. The van der Waals surface area contributed by atoms with Crippen molar-refractivity contribution in [1.82, 2.24) is 0 Å². The van der Waals surface area contributed by atoms with Crippen LogP contribution in [0.3, 0.4) is 0 Å². The fraction of sp³-hybridized carbons (Fsp3) is 0.379. The third-order valence-corrected chi connectivity index (χ3v) is 25.0. The number of phenols is 4. The van der Waals surface area contributed by atoms with E-state index in [1.807, 2.05) is 0 Å². The predicted octanol–water partition coefficient (Wildman–Crippen LogP) is 17.0. The molecule has 4 aliphatic carbocycles. The minimum Gasteiger partial charge on any atom is -1.00 e. The Morgan fingerprint density at radius 3 is 0.681 bits per heavy atom. The third-order valence-electron chi connectivity index (χ3n) is 24.5. The number of rotatable bonds is 26. The van der Waals surface area contributed by atoms with Gasteiger partial charge in [0.1, 0.15) is 80.0 Å². The number of benzene rings is 8. The standard InChI is InChI=1S/C51H60O4.C39H44O4.C3H5Br.CH4BP.CH2O3.2K.H4P2.H/c1-7-35-52-45-19-11-41(12-20-45)50(42-13-21-46(22-14-42)53-36-8-2)31-27-39(28-32-50)49(5,6)40-29-33-51(34-30-40,43-15-23-47(24-16-43)54-37-9-3)44-17-25-48(26-18-44)55-38-10-4;1-37(2,27-19-23-38(24-20-27,29-3-11-33(40)12-4-29)30-5-13-34(41)14-6-30)28-21-25-39(26-22-28,31-7-15-35(42)16-8-31)32-9-17-36(43)18-10-32;1-2-3-4;1-3-2;2-1-4-3;;;1-2;/h7-26,39-40H,1-4,27-38H2,5-6H3;3-18,27-28,40-43H,19-26H2,1-2H3;2H,1,3H2;3H,1H3;1,3H;;;1-2H2;/q;;;;;2*+1;;-1/p-1/i;;;3T;;;;;. The fourth-order valence-corrected chi connectivity index (χ4v) is 18.3. The second-order valence-electron chi connectivity index (χ2n) is 30.6. The molecular weight excluding hydrogens is 1580 g/mol. The van der Waals surface area contributed by atoms with Gasteiger partial charge in [-0.3, -0.25) is 4.79 Å². The van der Waals surface area contributed by atoms with Crippen LogP contribution in [0, 0.1) is 34.5 Å². The molecule has 18 heteroatoms. The van der Waals surface area contributed by atoms with Crippen LogP contribution in [0.2, 0.25) is 0 Å². The second-order valence-corrected chi connectivity index (χ2v) is 31.8.